The molecule has 2 atom stereocenters. The second kappa shape index (κ2) is 6.86. The summed E-state index contributed by atoms with van der Waals surface area (Å²) in [5.41, 5.74) is 3.94. The van der Waals surface area contributed by atoms with Gasteiger partial charge in [0, 0.05) is 43.2 Å². The molecule has 4 rings (SSSR count). The van der Waals surface area contributed by atoms with Crippen LogP contribution in [0, 0.1) is 28.6 Å². The maximum Gasteiger partial charge on any atom is 0.158 e. The number of H-pyrrole nitrogens is 1. The highest BCUT2D eigenvalue weighted by atomic mass is 15.3. The summed E-state index contributed by atoms with van der Waals surface area (Å²) in [4.78, 5) is 6.69. The summed E-state index contributed by atoms with van der Waals surface area (Å²) in [6, 6.07) is 10.7. The summed E-state index contributed by atoms with van der Waals surface area (Å²) in [5.74, 6) is 0.199. The average molecular weight is 359 g/mol. The van der Waals surface area contributed by atoms with E-state index in [0.717, 1.165) is 54.2 Å². The number of rotatable bonds is 2. The van der Waals surface area contributed by atoms with Gasteiger partial charge in [0.2, 0.25) is 0 Å². The Morgan fingerprint density at radius 3 is 2.67 bits per heavy atom. The van der Waals surface area contributed by atoms with E-state index < -0.39 is 5.92 Å². The molecule has 27 heavy (non-hydrogen) atoms. The number of hydrogen-bond acceptors (Lipinski definition) is 6. The van der Waals surface area contributed by atoms with Crippen molar-refractivity contribution in [3.8, 4) is 12.1 Å². The number of aliphatic imine (C=N–C) groups is 1. The van der Waals surface area contributed by atoms with E-state index in [0.29, 0.717) is 11.3 Å². The Hall–Kier alpha value is -3.16. The molecule has 0 spiro atoms. The third-order valence-corrected chi connectivity index (χ3v) is 5.43. The van der Waals surface area contributed by atoms with Crippen molar-refractivity contribution in [1.82, 2.24) is 15.5 Å². The number of nitriles is 2. The molecule has 3 heterocycles. The Morgan fingerprint density at radius 2 is 1.96 bits per heavy atom. The van der Waals surface area contributed by atoms with E-state index in [2.05, 4.69) is 43.6 Å². The molecule has 0 aliphatic carbocycles. The van der Waals surface area contributed by atoms with Crippen molar-refractivity contribution in [2.24, 2.45) is 10.9 Å². The number of hydrogen-bond donors (Lipinski definition) is 2. The van der Waals surface area contributed by atoms with Crippen LogP contribution < -0.4 is 10.2 Å². The number of fused-ring (bicyclic) bond motifs is 1. The van der Waals surface area contributed by atoms with Crippen LogP contribution in [0.15, 0.2) is 34.5 Å². The lowest BCUT2D eigenvalue weighted by molar-refractivity contribution is 0.585. The molecule has 2 unspecified atom stereocenters. The van der Waals surface area contributed by atoms with Crippen LogP contribution in [0.5, 0.6) is 0 Å². The molecule has 1 aromatic carbocycles. The number of nitrogens with zero attached hydrogens (tertiary/aromatic N) is 5. The van der Waals surface area contributed by atoms with Crippen LogP contribution in [-0.2, 0) is 0 Å². The molecule has 1 fully saturated rings. The Bertz CT molecular complexity index is 1020. The van der Waals surface area contributed by atoms with Gasteiger partial charge in [0.15, 0.2) is 5.82 Å². The molecule has 2 N–H and O–H groups in total. The number of allylic oxidation sites excluding steroid dienone is 2. The third kappa shape index (κ3) is 2.87. The van der Waals surface area contributed by atoms with Crippen molar-refractivity contribution in [2.75, 3.05) is 31.1 Å². The van der Waals surface area contributed by atoms with Crippen LogP contribution >= 0.6 is 0 Å². The van der Waals surface area contributed by atoms with E-state index in [1.165, 1.54) is 0 Å². The first-order chi connectivity index (χ1) is 13.1. The summed E-state index contributed by atoms with van der Waals surface area (Å²) in [6.45, 7) is 7.38. The molecule has 136 valence electrons. The van der Waals surface area contributed by atoms with E-state index in [-0.39, 0.29) is 5.92 Å². The second-order valence-electron chi connectivity index (χ2n) is 7.04. The van der Waals surface area contributed by atoms with Gasteiger partial charge in [0.05, 0.1) is 34.8 Å². The van der Waals surface area contributed by atoms with Crippen LogP contribution in [0.25, 0.3) is 10.9 Å². The van der Waals surface area contributed by atoms with E-state index in [9.17, 15) is 10.5 Å². The number of aromatic nitrogens is 2. The highest BCUT2D eigenvalue weighted by molar-refractivity contribution is 5.93. The molecule has 7 heteroatoms. The van der Waals surface area contributed by atoms with E-state index >= 15 is 0 Å². The Morgan fingerprint density at radius 1 is 1.19 bits per heavy atom. The second-order valence-corrected chi connectivity index (χ2v) is 7.04. The SMILES string of the molecule is CC1=NC(C)=C(C#N)C(c2ccc3[nH]nc(N4CCNCC4)c3c2)C1C#N. The highest BCUT2D eigenvalue weighted by Crippen LogP contribution is 2.39. The maximum atomic E-state index is 9.73. The molecule has 1 aromatic heterocycles. The van der Waals surface area contributed by atoms with Crippen molar-refractivity contribution >= 4 is 22.4 Å². The van der Waals surface area contributed by atoms with Crippen LogP contribution in [0.3, 0.4) is 0 Å². The fraction of sp³-hybridized carbons (Fsp3) is 0.400. The van der Waals surface area contributed by atoms with Gasteiger partial charge in [-0.25, -0.2) is 0 Å². The average Bonchev–Trinajstić information content (AvgIpc) is 3.11. The minimum atomic E-state index is -0.435. The molecular weight excluding hydrogens is 338 g/mol. The van der Waals surface area contributed by atoms with Gasteiger partial charge in [0.25, 0.3) is 0 Å². The van der Waals surface area contributed by atoms with Crippen molar-refractivity contribution < 1.29 is 0 Å². The van der Waals surface area contributed by atoms with E-state index in [4.69, 9.17) is 0 Å². The molecule has 2 aliphatic rings. The molecule has 1 saturated heterocycles. The Labute approximate surface area is 158 Å². The third-order valence-electron chi connectivity index (χ3n) is 5.43. The molecule has 0 amide bonds. The highest BCUT2D eigenvalue weighted by Gasteiger charge is 2.34. The molecule has 0 bridgehead atoms. The molecule has 0 radical (unpaired) electrons. The lowest BCUT2D eigenvalue weighted by Crippen LogP contribution is -2.43. The monoisotopic (exact) mass is 359 g/mol. The quantitative estimate of drug-likeness (QED) is 0.857. The number of nitrogens with one attached hydrogen (secondary N) is 2. The minimum Gasteiger partial charge on any atom is -0.352 e. The van der Waals surface area contributed by atoms with Gasteiger partial charge < -0.3 is 10.2 Å². The summed E-state index contributed by atoms with van der Waals surface area (Å²) in [6.07, 6.45) is 0. The van der Waals surface area contributed by atoms with Crippen molar-refractivity contribution in [3.05, 3.63) is 35.0 Å². The molecule has 0 saturated carbocycles. The predicted octanol–water partition coefficient (Wildman–Crippen LogP) is 2.47. The van der Waals surface area contributed by atoms with Crippen molar-refractivity contribution in [1.29, 1.82) is 10.5 Å². The first kappa shape index (κ1) is 17.3. The topological polar surface area (TPSA) is 104 Å². The van der Waals surface area contributed by atoms with E-state index in [1.54, 1.807) is 0 Å². The normalized spacial score (nSPS) is 23.1. The van der Waals surface area contributed by atoms with Gasteiger partial charge in [-0.2, -0.15) is 15.6 Å². The van der Waals surface area contributed by atoms with Crippen LogP contribution in [0.4, 0.5) is 5.82 Å². The predicted molar refractivity (Wildman–Crippen MR) is 104 cm³/mol. The summed E-state index contributed by atoms with van der Waals surface area (Å²) in [7, 11) is 0. The van der Waals surface area contributed by atoms with Gasteiger partial charge in [0.1, 0.15) is 0 Å². The van der Waals surface area contributed by atoms with Gasteiger partial charge in [-0.05, 0) is 31.5 Å². The summed E-state index contributed by atoms with van der Waals surface area (Å²) in [5, 5.41) is 31.4. The largest absolute Gasteiger partial charge is 0.352 e. The number of anilines is 1. The standard InChI is InChI=1S/C20H21N7/c1-12-16(10-21)19(17(11-22)13(2)24-12)14-3-4-18-15(9-14)20(26-25-18)27-7-5-23-6-8-27/h3-4,9,16,19,23H,5-8H2,1-2H3,(H,25,26). The molecule has 2 aromatic rings. The smallest absolute Gasteiger partial charge is 0.158 e. The van der Waals surface area contributed by atoms with Crippen LogP contribution in [0.1, 0.15) is 25.3 Å². The number of piperazine rings is 1. The molecule has 2 aliphatic heterocycles. The zero-order chi connectivity index (χ0) is 19.0. The number of benzene rings is 1. The summed E-state index contributed by atoms with van der Waals surface area (Å²) < 4.78 is 0. The zero-order valence-corrected chi connectivity index (χ0v) is 15.5. The first-order valence-electron chi connectivity index (χ1n) is 9.13. The van der Waals surface area contributed by atoms with Gasteiger partial charge in [-0.1, -0.05) is 6.07 Å². The Kier molecular flexibility index (Phi) is 4.39. The lowest BCUT2D eigenvalue weighted by Gasteiger charge is -2.28. The van der Waals surface area contributed by atoms with Crippen molar-refractivity contribution in [2.45, 2.75) is 19.8 Å². The fourth-order valence-corrected chi connectivity index (χ4v) is 4.03. The van der Waals surface area contributed by atoms with Gasteiger partial charge in [-0.15, -0.1) is 0 Å². The molecule has 7 nitrogen and oxygen atoms in total. The van der Waals surface area contributed by atoms with Gasteiger partial charge in [-0.3, -0.25) is 10.1 Å². The van der Waals surface area contributed by atoms with Crippen LogP contribution in [-0.4, -0.2) is 42.1 Å². The zero-order valence-electron chi connectivity index (χ0n) is 15.5. The maximum absolute atomic E-state index is 9.73. The lowest BCUT2D eigenvalue weighted by atomic mass is 9.76. The fourth-order valence-electron chi connectivity index (χ4n) is 4.03. The van der Waals surface area contributed by atoms with Crippen molar-refractivity contribution in [3.63, 3.8) is 0 Å². The Balaban J connectivity index is 1.82. The van der Waals surface area contributed by atoms with Crippen LogP contribution in [0.2, 0.25) is 0 Å². The molecular formula is C20H21N7. The van der Waals surface area contributed by atoms with Gasteiger partial charge >= 0.3 is 0 Å². The minimum absolute atomic E-state index is 0.298. The van der Waals surface area contributed by atoms with E-state index in [1.807, 2.05) is 26.0 Å². The number of aromatic amines is 1. The first-order valence-corrected chi connectivity index (χ1v) is 9.13. The summed E-state index contributed by atoms with van der Waals surface area (Å²) >= 11 is 0.